The summed E-state index contributed by atoms with van der Waals surface area (Å²) in [6.07, 6.45) is 40.9. The highest BCUT2D eigenvalue weighted by Crippen LogP contribution is 2.39. The Morgan fingerprint density at radius 1 is 0.228 bits per heavy atom. The molecule has 6 aliphatic carbocycles. The minimum Gasteiger partial charge on any atom is -0.211 e. The summed E-state index contributed by atoms with van der Waals surface area (Å²) in [6, 6.07) is 1.37. The average molecular weight is 787 g/mol. The predicted molar refractivity (Wildman–Crippen MR) is 217 cm³/mol. The van der Waals surface area contributed by atoms with E-state index in [1.807, 2.05) is 0 Å². The fraction of sp³-hybridized carbons (Fsp3) is 0.867. The van der Waals surface area contributed by atoms with Crippen molar-refractivity contribution in [3.63, 3.8) is 0 Å². The fourth-order valence-corrected chi connectivity index (χ4v) is 10.9. The van der Waals surface area contributed by atoms with Gasteiger partial charge in [0.25, 0.3) is 0 Å². The maximum Gasteiger partial charge on any atom is 0.235 e. The quantitative estimate of drug-likeness (QED) is 0.141. The van der Waals surface area contributed by atoms with Crippen molar-refractivity contribution in [1.82, 2.24) is 0 Å². The van der Waals surface area contributed by atoms with E-state index in [-0.39, 0.29) is 36.3 Å². The van der Waals surface area contributed by atoms with Gasteiger partial charge in [-0.1, -0.05) is 0 Å². The Labute approximate surface area is 339 Å². The van der Waals surface area contributed by atoms with E-state index in [4.69, 9.17) is 0 Å². The van der Waals surface area contributed by atoms with Crippen LogP contribution in [0, 0.1) is 35.5 Å². The molecule has 0 radical (unpaired) electrons. The zero-order chi connectivity index (χ0) is 40.5. The van der Waals surface area contributed by atoms with Crippen molar-refractivity contribution < 1.29 is 28.8 Å². The normalized spacial score (nSPS) is 34.9. The molecule has 0 aromatic carbocycles. The SMILES string of the molecule is O=C=NC1CCC(CC2CCC(N=C=O)CC2)CC1.O=C=NC1CCC(CC2CCC(N=C=O)CC2)CC1.O=C=NC1CCC(CC2CCC(N=C=O)CC2)CC1. The molecule has 0 amide bonds. The highest BCUT2D eigenvalue weighted by atomic mass is 16.1. The minimum atomic E-state index is 0.228. The minimum absolute atomic E-state index is 0.228. The summed E-state index contributed by atoms with van der Waals surface area (Å²) in [5.41, 5.74) is 0. The van der Waals surface area contributed by atoms with Gasteiger partial charge in [-0.2, -0.15) is 0 Å². The lowest BCUT2D eigenvalue weighted by atomic mass is 9.76. The number of aliphatic imine (C=N–C) groups is 6. The highest BCUT2D eigenvalue weighted by Gasteiger charge is 2.29. The average Bonchev–Trinajstić information content (AvgIpc) is 3.23. The first-order valence-electron chi connectivity index (χ1n) is 22.4. The Balaban J connectivity index is 0.000000189. The van der Waals surface area contributed by atoms with Crippen molar-refractivity contribution in [3.05, 3.63) is 0 Å². The van der Waals surface area contributed by atoms with Gasteiger partial charge in [0.05, 0.1) is 36.3 Å². The molecule has 12 heteroatoms. The lowest BCUT2D eigenvalue weighted by Crippen LogP contribution is -2.23. The molecule has 0 saturated heterocycles. The number of isocyanates is 6. The molecule has 0 bridgehead atoms. The zero-order valence-corrected chi connectivity index (χ0v) is 34.2. The Morgan fingerprint density at radius 3 is 0.456 bits per heavy atom. The van der Waals surface area contributed by atoms with Gasteiger partial charge in [0.2, 0.25) is 36.5 Å². The number of nitrogens with zero attached hydrogens (tertiary/aromatic N) is 6. The van der Waals surface area contributed by atoms with Crippen LogP contribution in [0.2, 0.25) is 0 Å². The van der Waals surface area contributed by atoms with E-state index in [1.165, 1.54) is 96.3 Å². The van der Waals surface area contributed by atoms with Crippen LogP contribution in [0.4, 0.5) is 0 Å². The molecular formula is C45H66N6O6. The molecular weight excluding hydrogens is 721 g/mol. The molecule has 0 aromatic rings. The van der Waals surface area contributed by atoms with Crippen molar-refractivity contribution in [2.45, 2.75) is 210 Å². The molecule has 312 valence electrons. The van der Waals surface area contributed by atoms with E-state index in [1.54, 1.807) is 36.5 Å². The molecule has 12 nitrogen and oxygen atoms in total. The van der Waals surface area contributed by atoms with Crippen molar-refractivity contribution in [3.8, 4) is 0 Å². The third-order valence-electron chi connectivity index (χ3n) is 14.3. The number of rotatable bonds is 12. The summed E-state index contributed by atoms with van der Waals surface area (Å²) < 4.78 is 0. The van der Waals surface area contributed by atoms with Crippen LogP contribution in [0.15, 0.2) is 30.0 Å². The smallest absolute Gasteiger partial charge is 0.211 e. The largest absolute Gasteiger partial charge is 0.235 e. The topological polar surface area (TPSA) is 177 Å². The van der Waals surface area contributed by atoms with E-state index in [0.717, 1.165) is 113 Å². The summed E-state index contributed by atoms with van der Waals surface area (Å²) in [4.78, 5) is 84.4. The lowest BCUT2D eigenvalue weighted by molar-refractivity contribution is 0.226. The standard InChI is InChI=1S/3C15H22N2O2/c3*18-10-16-14-5-1-12(2-6-14)9-13-3-7-15(8-4-13)17-11-19/h3*12-15H,1-9H2. The van der Waals surface area contributed by atoms with Crippen LogP contribution in [-0.4, -0.2) is 72.7 Å². The molecule has 0 atom stereocenters. The van der Waals surface area contributed by atoms with Crippen molar-refractivity contribution in [2.75, 3.05) is 0 Å². The molecule has 6 aliphatic rings. The Bertz CT molecular complexity index is 1170. The van der Waals surface area contributed by atoms with E-state index in [0.29, 0.717) is 0 Å². The molecule has 0 unspecified atom stereocenters. The first-order chi connectivity index (χ1) is 27.9. The Kier molecular flexibility index (Phi) is 21.8. The summed E-state index contributed by atoms with van der Waals surface area (Å²) in [5.74, 6) is 4.80. The number of carbonyl (C=O) groups excluding carboxylic acids is 6. The lowest BCUT2D eigenvalue weighted by Gasteiger charge is -2.31. The molecule has 6 rings (SSSR count). The third-order valence-corrected chi connectivity index (χ3v) is 14.3. The molecule has 6 saturated carbocycles. The highest BCUT2D eigenvalue weighted by molar-refractivity contribution is 5.35. The van der Waals surface area contributed by atoms with Gasteiger partial charge in [-0.05, 0) is 209 Å². The van der Waals surface area contributed by atoms with Crippen LogP contribution in [0.25, 0.3) is 0 Å². The first-order valence-corrected chi connectivity index (χ1v) is 22.4. The van der Waals surface area contributed by atoms with E-state index < -0.39 is 0 Å². The van der Waals surface area contributed by atoms with Gasteiger partial charge >= 0.3 is 0 Å². The van der Waals surface area contributed by atoms with Gasteiger partial charge in [0.1, 0.15) is 0 Å². The maximum atomic E-state index is 10.2. The van der Waals surface area contributed by atoms with Gasteiger partial charge in [-0.3, -0.25) is 0 Å². The van der Waals surface area contributed by atoms with Gasteiger partial charge in [0.15, 0.2) is 0 Å². The van der Waals surface area contributed by atoms with Gasteiger partial charge in [-0.15, -0.1) is 0 Å². The molecule has 0 N–H and O–H groups in total. The molecule has 6 fully saturated rings. The molecule has 0 heterocycles. The summed E-state index contributed by atoms with van der Waals surface area (Å²) in [5, 5.41) is 0. The maximum absolute atomic E-state index is 10.2. The van der Waals surface area contributed by atoms with Gasteiger partial charge < -0.3 is 0 Å². The van der Waals surface area contributed by atoms with Crippen LogP contribution in [0.3, 0.4) is 0 Å². The van der Waals surface area contributed by atoms with Crippen LogP contribution < -0.4 is 0 Å². The number of hydrogen-bond acceptors (Lipinski definition) is 12. The van der Waals surface area contributed by atoms with E-state index >= 15 is 0 Å². The van der Waals surface area contributed by atoms with Crippen LogP contribution in [0.5, 0.6) is 0 Å². The van der Waals surface area contributed by atoms with Crippen LogP contribution >= 0.6 is 0 Å². The van der Waals surface area contributed by atoms with Crippen molar-refractivity contribution in [1.29, 1.82) is 0 Å². The van der Waals surface area contributed by atoms with Crippen LogP contribution in [0.1, 0.15) is 173 Å². The third kappa shape index (κ3) is 17.8. The molecule has 57 heavy (non-hydrogen) atoms. The van der Waals surface area contributed by atoms with Gasteiger partial charge in [0, 0.05) is 0 Å². The summed E-state index contributed by atoms with van der Waals surface area (Å²) >= 11 is 0. The number of hydrogen-bond donors (Lipinski definition) is 0. The molecule has 0 aliphatic heterocycles. The summed E-state index contributed by atoms with van der Waals surface area (Å²) in [7, 11) is 0. The fourth-order valence-electron chi connectivity index (χ4n) is 10.9. The van der Waals surface area contributed by atoms with E-state index in [9.17, 15) is 28.8 Å². The second-order valence-corrected chi connectivity index (χ2v) is 18.1. The molecule has 0 aromatic heterocycles. The predicted octanol–water partition coefficient (Wildman–Crippen LogP) is 9.50. The van der Waals surface area contributed by atoms with E-state index in [2.05, 4.69) is 30.0 Å². The monoisotopic (exact) mass is 787 g/mol. The summed E-state index contributed by atoms with van der Waals surface area (Å²) in [6.45, 7) is 0. The second kappa shape index (κ2) is 27.1. The van der Waals surface area contributed by atoms with Crippen LogP contribution in [-0.2, 0) is 28.8 Å². The zero-order valence-electron chi connectivity index (χ0n) is 34.2. The Morgan fingerprint density at radius 2 is 0.351 bits per heavy atom. The first kappa shape index (κ1) is 46.0. The van der Waals surface area contributed by atoms with Crippen molar-refractivity contribution >= 4 is 36.5 Å². The Hall–Kier alpha value is -3.72. The molecule has 0 spiro atoms. The second-order valence-electron chi connectivity index (χ2n) is 18.1. The van der Waals surface area contributed by atoms with Crippen molar-refractivity contribution in [2.24, 2.45) is 65.5 Å². The van der Waals surface area contributed by atoms with Gasteiger partial charge in [-0.25, -0.2) is 58.7 Å².